The fourth-order valence-electron chi connectivity index (χ4n) is 2.38. The van der Waals surface area contributed by atoms with Gasteiger partial charge in [0.05, 0.1) is 6.04 Å². The maximum atomic E-state index is 13.7. The molecule has 2 rings (SSSR count). The predicted octanol–water partition coefficient (Wildman–Crippen LogP) is 2.54. The summed E-state index contributed by atoms with van der Waals surface area (Å²) in [5.74, 6) is -3.11. The van der Waals surface area contributed by atoms with Gasteiger partial charge in [-0.2, -0.15) is 0 Å². The highest BCUT2D eigenvalue weighted by atomic mass is 19.1. The Kier molecular flexibility index (Phi) is 5.86. The van der Waals surface area contributed by atoms with Crippen LogP contribution in [0.1, 0.15) is 46.3 Å². The minimum atomic E-state index is -0.782. The van der Waals surface area contributed by atoms with E-state index in [-0.39, 0.29) is 17.0 Å². The van der Waals surface area contributed by atoms with Crippen molar-refractivity contribution in [1.29, 1.82) is 0 Å². The highest BCUT2D eigenvalue weighted by Gasteiger charge is 2.18. The van der Waals surface area contributed by atoms with Crippen LogP contribution < -0.4 is 5.32 Å². The maximum Gasteiger partial charge on any atom is 0.355 e. The molecule has 1 amide bonds. The van der Waals surface area contributed by atoms with E-state index in [1.54, 1.807) is 7.05 Å². The SMILES string of the molecule is CC(=O)c1cc(C(=O)OCC(=O)N[C@@H](C)c2ccc(F)cc2F)n(C)c1. The van der Waals surface area contributed by atoms with Crippen LogP contribution in [0.25, 0.3) is 0 Å². The lowest BCUT2D eigenvalue weighted by atomic mass is 10.1. The van der Waals surface area contributed by atoms with Gasteiger partial charge in [0.1, 0.15) is 17.3 Å². The molecule has 1 atom stereocenters. The van der Waals surface area contributed by atoms with Crippen molar-refractivity contribution in [2.75, 3.05) is 6.61 Å². The number of aryl methyl sites for hydroxylation is 1. The van der Waals surface area contributed by atoms with Crippen molar-refractivity contribution in [3.05, 3.63) is 58.9 Å². The van der Waals surface area contributed by atoms with Gasteiger partial charge in [0.2, 0.25) is 0 Å². The molecule has 0 spiro atoms. The van der Waals surface area contributed by atoms with Crippen LogP contribution >= 0.6 is 0 Å². The molecule has 1 N–H and O–H groups in total. The number of aromatic nitrogens is 1. The van der Waals surface area contributed by atoms with E-state index < -0.39 is 36.2 Å². The minimum absolute atomic E-state index is 0.111. The summed E-state index contributed by atoms with van der Waals surface area (Å²) in [6, 6.07) is 3.68. The molecule has 0 bridgehead atoms. The lowest BCUT2D eigenvalue weighted by Gasteiger charge is -2.15. The van der Waals surface area contributed by atoms with Crippen molar-refractivity contribution in [1.82, 2.24) is 9.88 Å². The summed E-state index contributed by atoms with van der Waals surface area (Å²) in [5, 5.41) is 2.46. The van der Waals surface area contributed by atoms with Crippen molar-refractivity contribution >= 4 is 17.7 Å². The Bertz CT molecular complexity index is 861. The van der Waals surface area contributed by atoms with Gasteiger partial charge in [0.15, 0.2) is 12.4 Å². The van der Waals surface area contributed by atoms with Crippen LogP contribution in [0.2, 0.25) is 0 Å². The van der Waals surface area contributed by atoms with Crippen molar-refractivity contribution in [3.8, 4) is 0 Å². The van der Waals surface area contributed by atoms with Crippen molar-refractivity contribution in [2.45, 2.75) is 19.9 Å². The van der Waals surface area contributed by atoms with E-state index in [0.29, 0.717) is 5.56 Å². The Morgan fingerprint density at radius 3 is 2.50 bits per heavy atom. The van der Waals surface area contributed by atoms with Crippen LogP contribution in [0.5, 0.6) is 0 Å². The number of Topliss-reactive ketones (excluding diaryl/α,β-unsaturated/α-hetero) is 1. The van der Waals surface area contributed by atoms with Crippen LogP contribution in [-0.2, 0) is 16.6 Å². The first kappa shape index (κ1) is 19.3. The third-order valence-corrected chi connectivity index (χ3v) is 3.76. The van der Waals surface area contributed by atoms with Gasteiger partial charge in [-0.1, -0.05) is 6.07 Å². The number of ether oxygens (including phenoxy) is 1. The third kappa shape index (κ3) is 4.53. The first-order valence-electron chi connectivity index (χ1n) is 7.77. The van der Waals surface area contributed by atoms with Crippen molar-refractivity contribution in [3.63, 3.8) is 0 Å². The highest BCUT2D eigenvalue weighted by molar-refractivity contribution is 5.98. The van der Waals surface area contributed by atoms with E-state index in [4.69, 9.17) is 4.74 Å². The minimum Gasteiger partial charge on any atom is -0.451 e. The predicted molar refractivity (Wildman–Crippen MR) is 88.6 cm³/mol. The van der Waals surface area contributed by atoms with Crippen LogP contribution in [-0.4, -0.2) is 28.8 Å². The molecular weight excluding hydrogens is 346 g/mol. The summed E-state index contributed by atoms with van der Waals surface area (Å²) in [7, 11) is 1.57. The number of hydrogen-bond acceptors (Lipinski definition) is 4. The molecule has 2 aromatic rings. The Morgan fingerprint density at radius 1 is 1.23 bits per heavy atom. The van der Waals surface area contributed by atoms with Crippen LogP contribution in [0.4, 0.5) is 8.78 Å². The zero-order valence-electron chi connectivity index (χ0n) is 14.5. The van der Waals surface area contributed by atoms with E-state index in [2.05, 4.69) is 5.32 Å². The lowest BCUT2D eigenvalue weighted by molar-refractivity contribution is -0.124. The smallest absolute Gasteiger partial charge is 0.355 e. The molecule has 138 valence electrons. The standard InChI is InChI=1S/C18H18F2N2O4/c1-10(14-5-4-13(19)7-15(14)20)21-17(24)9-26-18(25)16-6-12(11(2)23)8-22(16)3/h4-8,10H,9H2,1-3H3,(H,21,24)/t10-/m0/s1. The third-order valence-electron chi connectivity index (χ3n) is 3.76. The second-order valence-corrected chi connectivity index (χ2v) is 5.81. The van der Waals surface area contributed by atoms with Gasteiger partial charge >= 0.3 is 5.97 Å². The van der Waals surface area contributed by atoms with Gasteiger partial charge in [0, 0.05) is 30.4 Å². The van der Waals surface area contributed by atoms with Crippen LogP contribution in [0.3, 0.4) is 0 Å². The van der Waals surface area contributed by atoms with Gasteiger partial charge in [-0.25, -0.2) is 13.6 Å². The molecule has 0 aliphatic heterocycles. The Labute approximate surface area is 148 Å². The van der Waals surface area contributed by atoms with E-state index >= 15 is 0 Å². The molecule has 1 aromatic carbocycles. The molecule has 1 heterocycles. The molecule has 0 saturated carbocycles. The van der Waals surface area contributed by atoms with E-state index in [9.17, 15) is 23.2 Å². The molecule has 0 saturated heterocycles. The van der Waals surface area contributed by atoms with E-state index in [1.165, 1.54) is 36.7 Å². The van der Waals surface area contributed by atoms with Crippen LogP contribution in [0.15, 0.2) is 30.5 Å². The van der Waals surface area contributed by atoms with Gasteiger partial charge in [-0.3, -0.25) is 9.59 Å². The quantitative estimate of drug-likeness (QED) is 0.631. The molecule has 0 radical (unpaired) electrons. The van der Waals surface area contributed by atoms with Gasteiger partial charge in [-0.15, -0.1) is 0 Å². The number of carbonyl (C=O) groups excluding carboxylic acids is 3. The summed E-state index contributed by atoms with van der Waals surface area (Å²) in [6.07, 6.45) is 1.48. The van der Waals surface area contributed by atoms with Crippen molar-refractivity contribution in [2.24, 2.45) is 7.05 Å². The second kappa shape index (κ2) is 7.90. The summed E-state index contributed by atoms with van der Waals surface area (Å²) in [4.78, 5) is 35.2. The first-order valence-corrected chi connectivity index (χ1v) is 7.77. The van der Waals surface area contributed by atoms with E-state index in [1.807, 2.05) is 0 Å². The molecule has 6 nitrogen and oxygen atoms in total. The summed E-state index contributed by atoms with van der Waals surface area (Å²) in [5.41, 5.74) is 0.588. The zero-order valence-corrected chi connectivity index (χ0v) is 14.5. The maximum absolute atomic E-state index is 13.7. The fourth-order valence-corrected chi connectivity index (χ4v) is 2.38. The Balaban J connectivity index is 1.94. The fraction of sp³-hybridized carbons (Fsp3) is 0.278. The number of carbonyl (C=O) groups is 3. The average Bonchev–Trinajstić information content (AvgIpc) is 2.94. The molecule has 1 aromatic heterocycles. The number of nitrogens with one attached hydrogen (secondary N) is 1. The lowest BCUT2D eigenvalue weighted by Crippen LogP contribution is -2.31. The monoisotopic (exact) mass is 364 g/mol. The number of amides is 1. The topological polar surface area (TPSA) is 77.4 Å². The first-order chi connectivity index (χ1) is 12.2. The second-order valence-electron chi connectivity index (χ2n) is 5.81. The van der Waals surface area contributed by atoms with E-state index in [0.717, 1.165) is 12.1 Å². The van der Waals surface area contributed by atoms with Gasteiger partial charge < -0.3 is 14.6 Å². The molecule has 0 fully saturated rings. The summed E-state index contributed by atoms with van der Waals surface area (Å²) in [6.45, 7) is 2.31. The Morgan fingerprint density at radius 2 is 1.92 bits per heavy atom. The largest absolute Gasteiger partial charge is 0.451 e. The molecular formula is C18H18F2N2O4. The molecule has 26 heavy (non-hydrogen) atoms. The number of esters is 1. The number of halogens is 2. The number of benzene rings is 1. The summed E-state index contributed by atoms with van der Waals surface area (Å²) >= 11 is 0. The molecule has 0 aliphatic carbocycles. The highest BCUT2D eigenvalue weighted by Crippen LogP contribution is 2.17. The molecule has 0 unspecified atom stereocenters. The Hall–Kier alpha value is -3.03. The number of nitrogens with zero attached hydrogens (tertiary/aromatic N) is 1. The van der Waals surface area contributed by atoms with Crippen molar-refractivity contribution < 1.29 is 27.9 Å². The number of rotatable bonds is 6. The molecule has 8 heteroatoms. The molecule has 0 aliphatic rings. The average molecular weight is 364 g/mol. The zero-order chi connectivity index (χ0) is 19.4. The summed E-state index contributed by atoms with van der Waals surface area (Å²) < 4.78 is 32.9. The number of hydrogen-bond donors (Lipinski definition) is 1. The normalized spacial score (nSPS) is 11.7. The van der Waals surface area contributed by atoms with Gasteiger partial charge in [0.25, 0.3) is 5.91 Å². The van der Waals surface area contributed by atoms with Gasteiger partial charge in [-0.05, 0) is 26.0 Å². The number of ketones is 1. The van der Waals surface area contributed by atoms with Crippen LogP contribution in [0, 0.1) is 11.6 Å².